The van der Waals surface area contributed by atoms with Gasteiger partial charge in [0.15, 0.2) is 11.5 Å². The topological polar surface area (TPSA) is 118 Å². The van der Waals surface area contributed by atoms with Gasteiger partial charge in [-0.3, -0.25) is 9.69 Å². The Kier molecular flexibility index (Phi) is 8.53. The number of carbonyl (C=O) groups excluding carboxylic acids is 3. The Bertz CT molecular complexity index is 1310. The first-order chi connectivity index (χ1) is 18.7. The molecule has 0 saturated heterocycles. The van der Waals surface area contributed by atoms with Crippen LogP contribution in [0.3, 0.4) is 0 Å². The zero-order valence-electron chi connectivity index (χ0n) is 23.6. The average molecular weight is 591 g/mol. The fourth-order valence-electron chi connectivity index (χ4n) is 4.69. The van der Waals surface area contributed by atoms with E-state index >= 15 is 0 Å². The molecule has 4 rings (SSSR count). The summed E-state index contributed by atoms with van der Waals surface area (Å²) in [5.41, 5.74) is 1.37. The zero-order valence-corrected chi connectivity index (χ0v) is 25.3. The fraction of sp³-hybridized carbons (Fsp3) is 0.464. The van der Waals surface area contributed by atoms with Crippen LogP contribution in [0, 0.1) is 0 Å². The van der Waals surface area contributed by atoms with Gasteiger partial charge in [0, 0.05) is 22.0 Å². The Labute approximate surface area is 240 Å². The molecule has 0 radical (unpaired) electrons. The second kappa shape index (κ2) is 11.4. The first-order valence-electron chi connectivity index (χ1n) is 12.7. The number of nitrogens with zero attached hydrogens (tertiary/aromatic N) is 2. The number of hydrogen-bond acceptors (Lipinski definition) is 9. The molecule has 0 fully saturated rings. The van der Waals surface area contributed by atoms with Crippen molar-refractivity contribution in [2.75, 3.05) is 36.3 Å². The standard InChI is InChI=1S/C28H34N2O8S2/c1-27(2,3)38-26(33)37-23-14-21-19(13-22(23)35-6)24(31)30-18(12-17-10-8-9-11-20(17)30)15-29(21)25(32)36-16-28(4,5)39-40(7)34/h8-11,13-14,18H,12,15-16H2,1-7H3. The predicted molar refractivity (Wildman–Crippen MR) is 155 cm³/mol. The lowest BCUT2D eigenvalue weighted by Gasteiger charge is -2.28. The Morgan fingerprint density at radius 3 is 2.45 bits per heavy atom. The molecular weight excluding hydrogens is 556 g/mol. The van der Waals surface area contributed by atoms with Crippen LogP contribution in [0.5, 0.6) is 11.5 Å². The summed E-state index contributed by atoms with van der Waals surface area (Å²) in [7, 11) is 1.42. The van der Waals surface area contributed by atoms with E-state index in [1.165, 1.54) is 34.9 Å². The van der Waals surface area contributed by atoms with Gasteiger partial charge in [0.2, 0.25) is 0 Å². The van der Waals surface area contributed by atoms with Gasteiger partial charge >= 0.3 is 12.2 Å². The van der Waals surface area contributed by atoms with Crippen molar-refractivity contribution >= 4 is 50.5 Å². The van der Waals surface area contributed by atoms with Gasteiger partial charge in [0.25, 0.3) is 5.91 Å². The van der Waals surface area contributed by atoms with Gasteiger partial charge in [-0.15, -0.1) is 0 Å². The third-order valence-corrected chi connectivity index (χ3v) is 9.04. The average Bonchev–Trinajstić information content (AvgIpc) is 3.16. The van der Waals surface area contributed by atoms with Crippen LogP contribution in [-0.2, 0) is 26.1 Å². The Hall–Kier alpha value is -3.09. The Balaban J connectivity index is 1.75. The molecule has 2 aromatic rings. The Morgan fingerprint density at radius 2 is 1.80 bits per heavy atom. The summed E-state index contributed by atoms with van der Waals surface area (Å²) in [6.45, 7) is 8.91. The highest BCUT2D eigenvalue weighted by atomic mass is 33.1. The van der Waals surface area contributed by atoms with Gasteiger partial charge < -0.3 is 28.4 Å². The van der Waals surface area contributed by atoms with Crippen molar-refractivity contribution in [3.63, 3.8) is 0 Å². The number of ether oxygens (including phenoxy) is 4. The minimum atomic E-state index is -1.16. The molecule has 12 heteroatoms. The molecule has 0 N–H and O–H groups in total. The van der Waals surface area contributed by atoms with Crippen LogP contribution >= 0.6 is 10.8 Å². The number of para-hydroxylation sites is 1. The largest absolute Gasteiger partial charge is 0.605 e. The quantitative estimate of drug-likeness (QED) is 0.190. The number of methoxy groups -OCH3 is 1. The molecule has 2 aliphatic heterocycles. The van der Waals surface area contributed by atoms with E-state index in [4.69, 9.17) is 18.9 Å². The summed E-state index contributed by atoms with van der Waals surface area (Å²) in [5, 5.41) is 0. The number of anilines is 2. The van der Waals surface area contributed by atoms with Crippen LogP contribution in [0.25, 0.3) is 0 Å². The number of benzene rings is 2. The molecular formula is C28H34N2O8S2. The van der Waals surface area contributed by atoms with Crippen LogP contribution in [0.1, 0.15) is 50.5 Å². The third kappa shape index (κ3) is 6.61. The molecule has 2 unspecified atom stereocenters. The van der Waals surface area contributed by atoms with E-state index in [0.717, 1.165) is 11.3 Å². The predicted octanol–water partition coefficient (Wildman–Crippen LogP) is 5.34. The van der Waals surface area contributed by atoms with E-state index in [-0.39, 0.29) is 47.9 Å². The fourth-order valence-corrected chi connectivity index (χ4v) is 7.49. The molecule has 216 valence electrons. The maximum absolute atomic E-state index is 14.0. The maximum atomic E-state index is 14.0. The summed E-state index contributed by atoms with van der Waals surface area (Å²) >= 11 is 0. The minimum absolute atomic E-state index is 0.0120. The smallest absolute Gasteiger partial charge is 0.514 e. The monoisotopic (exact) mass is 590 g/mol. The summed E-state index contributed by atoms with van der Waals surface area (Å²) in [6, 6.07) is 10.1. The molecule has 0 saturated carbocycles. The highest BCUT2D eigenvalue weighted by Gasteiger charge is 2.42. The number of carbonyl (C=O) groups is 3. The van der Waals surface area contributed by atoms with Crippen LogP contribution in [0.2, 0.25) is 0 Å². The molecule has 0 aliphatic carbocycles. The first-order valence-corrected chi connectivity index (χ1v) is 15.6. The first kappa shape index (κ1) is 29.9. The molecule has 2 heterocycles. The van der Waals surface area contributed by atoms with E-state index in [2.05, 4.69) is 0 Å². The molecule has 0 aromatic heterocycles. The number of amides is 2. The second-order valence-electron chi connectivity index (χ2n) is 11.2. The summed E-state index contributed by atoms with van der Waals surface area (Å²) < 4.78 is 33.1. The van der Waals surface area contributed by atoms with Crippen molar-refractivity contribution in [3.05, 3.63) is 47.5 Å². The van der Waals surface area contributed by atoms with E-state index < -0.39 is 32.8 Å². The normalized spacial score (nSPS) is 17.3. The number of fused-ring (bicyclic) bond motifs is 4. The van der Waals surface area contributed by atoms with Crippen LogP contribution < -0.4 is 19.3 Å². The van der Waals surface area contributed by atoms with Gasteiger partial charge in [0.05, 0.1) is 46.5 Å². The van der Waals surface area contributed by atoms with Gasteiger partial charge in [-0.1, -0.05) is 18.2 Å². The lowest BCUT2D eigenvalue weighted by Crippen LogP contribution is -2.44. The van der Waals surface area contributed by atoms with E-state index in [1.807, 2.05) is 38.1 Å². The lowest BCUT2D eigenvalue weighted by molar-refractivity contribution is 0.0201. The summed E-state index contributed by atoms with van der Waals surface area (Å²) in [6.07, 6.45) is 0.474. The Morgan fingerprint density at radius 1 is 1.10 bits per heavy atom. The molecule has 0 spiro atoms. The van der Waals surface area contributed by atoms with Crippen molar-refractivity contribution in [2.45, 2.75) is 57.4 Å². The van der Waals surface area contributed by atoms with Gasteiger partial charge in [-0.05, 0) is 58.7 Å². The molecule has 2 atom stereocenters. The van der Waals surface area contributed by atoms with Crippen molar-refractivity contribution < 1.29 is 37.9 Å². The third-order valence-electron chi connectivity index (χ3n) is 6.18. The summed E-state index contributed by atoms with van der Waals surface area (Å²) in [5.74, 6) is -0.208. The van der Waals surface area contributed by atoms with Crippen molar-refractivity contribution in [2.24, 2.45) is 0 Å². The van der Waals surface area contributed by atoms with E-state index in [0.29, 0.717) is 6.42 Å². The van der Waals surface area contributed by atoms with Crippen LogP contribution in [0.4, 0.5) is 21.0 Å². The highest BCUT2D eigenvalue weighted by molar-refractivity contribution is 8.72. The number of rotatable bonds is 6. The van der Waals surface area contributed by atoms with E-state index in [9.17, 15) is 18.9 Å². The van der Waals surface area contributed by atoms with Crippen molar-refractivity contribution in [1.29, 1.82) is 0 Å². The lowest BCUT2D eigenvalue weighted by atomic mass is 10.1. The molecule has 40 heavy (non-hydrogen) atoms. The SMILES string of the molecule is COc1cc2c(cc1OC(=O)OC(C)(C)C)N(C(=O)OCC(C)(C)S[S+](C)[O-])CC1Cc3ccccc3N1C2=O. The zero-order chi connectivity index (χ0) is 29.4. The highest BCUT2D eigenvalue weighted by Crippen LogP contribution is 2.43. The van der Waals surface area contributed by atoms with Gasteiger partial charge in [-0.2, -0.15) is 0 Å². The van der Waals surface area contributed by atoms with Gasteiger partial charge in [-0.25, -0.2) is 9.59 Å². The number of hydrogen-bond donors (Lipinski definition) is 0. The molecule has 2 amide bonds. The molecule has 0 bridgehead atoms. The minimum Gasteiger partial charge on any atom is -0.605 e. The molecule has 2 aliphatic rings. The molecule has 10 nitrogen and oxygen atoms in total. The van der Waals surface area contributed by atoms with Crippen LogP contribution in [-0.4, -0.2) is 65.6 Å². The molecule has 2 aromatic carbocycles. The second-order valence-corrected chi connectivity index (χ2v) is 15.1. The van der Waals surface area contributed by atoms with E-state index in [1.54, 1.807) is 31.9 Å². The van der Waals surface area contributed by atoms with Gasteiger partial charge in [0.1, 0.15) is 18.5 Å². The summed E-state index contributed by atoms with van der Waals surface area (Å²) in [4.78, 5) is 43.2. The van der Waals surface area contributed by atoms with Crippen molar-refractivity contribution in [1.82, 2.24) is 0 Å². The van der Waals surface area contributed by atoms with Crippen molar-refractivity contribution in [3.8, 4) is 11.5 Å². The maximum Gasteiger partial charge on any atom is 0.514 e. The van der Waals surface area contributed by atoms with Crippen LogP contribution in [0.15, 0.2) is 36.4 Å².